The van der Waals surface area contributed by atoms with E-state index in [2.05, 4.69) is 17.4 Å². The van der Waals surface area contributed by atoms with Gasteiger partial charge in [0.15, 0.2) is 0 Å². The summed E-state index contributed by atoms with van der Waals surface area (Å²) in [5.74, 6) is 0.445. The van der Waals surface area contributed by atoms with E-state index in [1.54, 1.807) is 11.8 Å². The molecule has 0 saturated carbocycles. The third kappa shape index (κ3) is 5.82. The van der Waals surface area contributed by atoms with Crippen LogP contribution in [0.2, 0.25) is 0 Å². The average molecular weight is 405 g/mol. The number of anilines is 1. The predicted molar refractivity (Wildman–Crippen MR) is 110 cm³/mol. The molecule has 1 amide bonds. The minimum atomic E-state index is -3.25. The summed E-state index contributed by atoms with van der Waals surface area (Å²) >= 11 is 1.77. The Morgan fingerprint density at radius 1 is 1.15 bits per heavy atom. The first kappa shape index (κ1) is 19.9. The minimum absolute atomic E-state index is 0.116. The summed E-state index contributed by atoms with van der Waals surface area (Å²) in [6, 6.07) is 18.0. The first-order valence-corrected chi connectivity index (χ1v) is 11.8. The molecule has 27 heavy (non-hydrogen) atoms. The summed E-state index contributed by atoms with van der Waals surface area (Å²) in [7, 11) is -3.25. The van der Waals surface area contributed by atoms with Crippen LogP contribution < -0.4 is 5.32 Å². The first-order chi connectivity index (χ1) is 12.9. The second kappa shape index (κ2) is 8.91. The molecule has 1 fully saturated rings. The van der Waals surface area contributed by atoms with Crippen LogP contribution in [0.1, 0.15) is 18.4 Å². The fraction of sp³-hybridized carbons (Fsp3) is 0.350. The highest BCUT2D eigenvalue weighted by Crippen LogP contribution is 2.24. The van der Waals surface area contributed by atoms with Gasteiger partial charge in [0.1, 0.15) is 0 Å². The maximum Gasteiger partial charge on any atom is 0.228 e. The van der Waals surface area contributed by atoms with E-state index in [1.165, 1.54) is 21.0 Å². The van der Waals surface area contributed by atoms with Crippen molar-refractivity contribution in [3.8, 4) is 0 Å². The zero-order valence-corrected chi connectivity index (χ0v) is 16.9. The van der Waals surface area contributed by atoms with Crippen molar-refractivity contribution in [3.05, 3.63) is 60.2 Å². The summed E-state index contributed by atoms with van der Waals surface area (Å²) in [6.45, 7) is 0.757. The number of sulfonamides is 1. The van der Waals surface area contributed by atoms with Crippen molar-refractivity contribution < 1.29 is 13.2 Å². The third-order valence-corrected chi connectivity index (χ3v) is 6.95. The molecule has 1 aliphatic heterocycles. The highest BCUT2D eigenvalue weighted by atomic mass is 32.2. The Morgan fingerprint density at radius 3 is 2.52 bits per heavy atom. The molecule has 0 aromatic heterocycles. The normalized spacial score (nSPS) is 18.2. The average Bonchev–Trinajstić information content (AvgIpc) is 2.68. The molecule has 1 N–H and O–H groups in total. The quantitative estimate of drug-likeness (QED) is 0.747. The molecule has 0 aliphatic carbocycles. The first-order valence-electron chi connectivity index (χ1n) is 8.94. The Hall–Kier alpha value is -1.83. The van der Waals surface area contributed by atoms with E-state index in [-0.39, 0.29) is 18.4 Å². The maximum atomic E-state index is 12.5. The second-order valence-electron chi connectivity index (χ2n) is 6.75. The topological polar surface area (TPSA) is 66.5 Å². The lowest BCUT2D eigenvalue weighted by Gasteiger charge is -2.30. The summed E-state index contributed by atoms with van der Waals surface area (Å²) in [6.07, 6.45) is 2.62. The van der Waals surface area contributed by atoms with Crippen LogP contribution in [0.4, 0.5) is 5.69 Å². The molecule has 0 bridgehead atoms. The van der Waals surface area contributed by atoms with Crippen LogP contribution in [-0.2, 0) is 20.6 Å². The molecule has 7 heteroatoms. The number of piperidine rings is 1. The van der Waals surface area contributed by atoms with E-state index in [0.29, 0.717) is 19.4 Å². The van der Waals surface area contributed by atoms with Crippen molar-refractivity contribution in [3.63, 3.8) is 0 Å². The number of hydrogen-bond acceptors (Lipinski definition) is 4. The van der Waals surface area contributed by atoms with Gasteiger partial charge in [-0.3, -0.25) is 4.79 Å². The number of rotatable bonds is 6. The minimum Gasteiger partial charge on any atom is -0.326 e. The monoisotopic (exact) mass is 404 g/mol. The van der Waals surface area contributed by atoms with Crippen molar-refractivity contribution in [2.45, 2.75) is 23.5 Å². The zero-order valence-electron chi connectivity index (χ0n) is 15.3. The number of benzene rings is 2. The van der Waals surface area contributed by atoms with Gasteiger partial charge in [-0.05, 0) is 42.7 Å². The van der Waals surface area contributed by atoms with E-state index in [9.17, 15) is 13.2 Å². The van der Waals surface area contributed by atoms with Gasteiger partial charge in [0.05, 0.1) is 12.2 Å². The molecular weight excluding hydrogens is 380 g/mol. The number of nitrogens with zero attached hydrogens (tertiary/aromatic N) is 1. The van der Waals surface area contributed by atoms with Gasteiger partial charge < -0.3 is 5.32 Å². The largest absolute Gasteiger partial charge is 0.326 e. The standard InChI is InChI=1S/C20H24N2O3S2/c1-27(24,25)22-13-5-6-17(14-22)20(23)21-18-11-9-16(10-12-18)15-26-19-7-3-2-4-8-19/h2-4,7-12,17H,5-6,13-15H2,1H3,(H,21,23)/t17-/m0/s1. The lowest BCUT2D eigenvalue weighted by atomic mass is 9.98. The van der Waals surface area contributed by atoms with Crippen LogP contribution in [0.25, 0.3) is 0 Å². The van der Waals surface area contributed by atoms with E-state index in [1.807, 2.05) is 42.5 Å². The molecule has 1 heterocycles. The Bertz CT molecular complexity index is 868. The van der Waals surface area contributed by atoms with Gasteiger partial charge in [0.25, 0.3) is 0 Å². The summed E-state index contributed by atoms with van der Waals surface area (Å²) < 4.78 is 24.8. The van der Waals surface area contributed by atoms with Gasteiger partial charge in [-0.2, -0.15) is 0 Å². The number of nitrogens with one attached hydrogen (secondary N) is 1. The van der Waals surface area contributed by atoms with Gasteiger partial charge >= 0.3 is 0 Å². The number of thioether (sulfide) groups is 1. The molecule has 0 unspecified atom stereocenters. The summed E-state index contributed by atoms with van der Waals surface area (Å²) in [5.41, 5.74) is 1.92. The molecule has 0 spiro atoms. The molecule has 144 valence electrons. The van der Waals surface area contributed by atoms with Crippen molar-refractivity contribution >= 4 is 33.4 Å². The van der Waals surface area contributed by atoms with Gasteiger partial charge in [0.2, 0.25) is 15.9 Å². The van der Waals surface area contributed by atoms with Crippen molar-refractivity contribution in [2.75, 3.05) is 24.7 Å². The number of carbonyl (C=O) groups excluding carboxylic acids is 1. The van der Waals surface area contributed by atoms with E-state index in [0.717, 1.165) is 11.4 Å². The number of hydrogen-bond donors (Lipinski definition) is 1. The molecular formula is C20H24N2O3S2. The van der Waals surface area contributed by atoms with E-state index >= 15 is 0 Å². The zero-order chi connectivity index (χ0) is 19.3. The second-order valence-corrected chi connectivity index (χ2v) is 9.78. The van der Waals surface area contributed by atoms with Crippen molar-refractivity contribution in [1.29, 1.82) is 0 Å². The third-order valence-electron chi connectivity index (χ3n) is 4.59. The SMILES string of the molecule is CS(=O)(=O)N1CCC[C@H](C(=O)Nc2ccc(CSc3ccccc3)cc2)C1. The van der Waals surface area contributed by atoms with E-state index in [4.69, 9.17) is 0 Å². The fourth-order valence-electron chi connectivity index (χ4n) is 3.07. The highest BCUT2D eigenvalue weighted by Gasteiger charge is 2.30. The predicted octanol–water partition coefficient (Wildman–Crippen LogP) is 3.59. The van der Waals surface area contributed by atoms with Crippen molar-refractivity contribution in [1.82, 2.24) is 4.31 Å². The summed E-state index contributed by atoms with van der Waals surface area (Å²) in [4.78, 5) is 13.7. The van der Waals surface area contributed by atoms with Crippen molar-refractivity contribution in [2.24, 2.45) is 5.92 Å². The molecule has 1 atom stereocenters. The Morgan fingerprint density at radius 2 is 1.85 bits per heavy atom. The Labute approximate surface area is 165 Å². The van der Waals surface area contributed by atoms with E-state index < -0.39 is 10.0 Å². The lowest BCUT2D eigenvalue weighted by molar-refractivity contribution is -0.120. The fourth-order valence-corrected chi connectivity index (χ4v) is 4.86. The Balaban J connectivity index is 1.54. The molecule has 5 nitrogen and oxygen atoms in total. The molecule has 0 radical (unpaired) electrons. The van der Waals surface area contributed by atoms with Crippen LogP contribution in [0, 0.1) is 5.92 Å². The lowest BCUT2D eigenvalue weighted by Crippen LogP contribution is -2.43. The number of carbonyl (C=O) groups is 1. The van der Waals surface area contributed by atoms with Crippen LogP contribution in [0.3, 0.4) is 0 Å². The molecule has 1 saturated heterocycles. The molecule has 2 aromatic rings. The molecule has 2 aromatic carbocycles. The Kier molecular flexibility index (Phi) is 6.57. The highest BCUT2D eigenvalue weighted by molar-refractivity contribution is 7.98. The van der Waals surface area contributed by atoms with Gasteiger partial charge in [0, 0.05) is 29.4 Å². The van der Waals surface area contributed by atoms with Gasteiger partial charge in [-0.15, -0.1) is 11.8 Å². The number of amides is 1. The van der Waals surface area contributed by atoms with Crippen LogP contribution in [0.15, 0.2) is 59.5 Å². The maximum absolute atomic E-state index is 12.5. The molecule has 3 rings (SSSR count). The summed E-state index contributed by atoms with van der Waals surface area (Å²) in [5, 5.41) is 2.92. The van der Waals surface area contributed by atoms with Crippen LogP contribution >= 0.6 is 11.8 Å². The smallest absolute Gasteiger partial charge is 0.228 e. The van der Waals surface area contributed by atoms with Gasteiger partial charge in [-0.25, -0.2) is 12.7 Å². The van der Waals surface area contributed by atoms with Gasteiger partial charge in [-0.1, -0.05) is 30.3 Å². The molecule has 1 aliphatic rings. The van der Waals surface area contributed by atoms with Crippen LogP contribution in [0.5, 0.6) is 0 Å². The van der Waals surface area contributed by atoms with Crippen LogP contribution in [-0.4, -0.2) is 38.0 Å².